The summed E-state index contributed by atoms with van der Waals surface area (Å²) in [5.41, 5.74) is 4.05. The van der Waals surface area contributed by atoms with Gasteiger partial charge in [0.2, 0.25) is 0 Å². The summed E-state index contributed by atoms with van der Waals surface area (Å²) in [5.74, 6) is 0.901. The Balaban J connectivity index is 1.38. The number of aliphatic hydroxyl groups is 1. The van der Waals surface area contributed by atoms with E-state index in [1.54, 1.807) is 12.4 Å². The van der Waals surface area contributed by atoms with Gasteiger partial charge in [0.05, 0.1) is 0 Å². The number of aliphatic hydroxyl groups excluding tert-OH is 1. The van der Waals surface area contributed by atoms with Crippen LogP contribution >= 0.6 is 0 Å². The highest BCUT2D eigenvalue weighted by Crippen LogP contribution is 2.30. The molecule has 30 heavy (non-hydrogen) atoms. The second-order valence-corrected chi connectivity index (χ2v) is 7.80. The van der Waals surface area contributed by atoms with Crippen molar-refractivity contribution >= 4 is 10.8 Å². The van der Waals surface area contributed by atoms with Crippen LogP contribution in [-0.2, 0) is 13.1 Å². The van der Waals surface area contributed by atoms with Crippen molar-refractivity contribution in [1.29, 1.82) is 0 Å². The Morgan fingerprint density at radius 3 is 2.70 bits per heavy atom. The van der Waals surface area contributed by atoms with Crippen LogP contribution < -0.4 is 4.74 Å². The molecule has 5 rings (SSSR count). The second kappa shape index (κ2) is 8.27. The minimum atomic E-state index is -0.693. The van der Waals surface area contributed by atoms with E-state index in [1.165, 1.54) is 16.3 Å². The molecular formula is C26H24N2O2. The molecule has 0 spiro atoms. The zero-order chi connectivity index (χ0) is 20.3. The maximum absolute atomic E-state index is 10.8. The summed E-state index contributed by atoms with van der Waals surface area (Å²) in [7, 11) is 0. The quantitative estimate of drug-likeness (QED) is 0.543. The van der Waals surface area contributed by atoms with Crippen LogP contribution in [0.5, 0.6) is 5.75 Å². The smallest absolute Gasteiger partial charge is 0.123 e. The Morgan fingerprint density at radius 1 is 0.933 bits per heavy atom. The minimum Gasteiger partial charge on any atom is -0.492 e. The minimum absolute atomic E-state index is 0.658. The summed E-state index contributed by atoms with van der Waals surface area (Å²) in [4.78, 5) is 6.52. The number of ether oxygens (including phenoxy) is 1. The highest BCUT2D eigenvalue weighted by molar-refractivity contribution is 5.82. The van der Waals surface area contributed by atoms with Crippen molar-refractivity contribution < 1.29 is 9.84 Å². The van der Waals surface area contributed by atoms with E-state index >= 15 is 0 Å². The maximum Gasteiger partial charge on any atom is 0.123 e. The molecule has 1 atom stereocenters. The fraction of sp³-hybridized carbons (Fsp3) is 0.192. The molecule has 0 saturated carbocycles. The summed E-state index contributed by atoms with van der Waals surface area (Å²) < 4.78 is 5.99. The lowest BCUT2D eigenvalue weighted by molar-refractivity contribution is 0.218. The summed E-state index contributed by atoms with van der Waals surface area (Å²) >= 11 is 0. The van der Waals surface area contributed by atoms with Gasteiger partial charge < -0.3 is 9.84 Å². The van der Waals surface area contributed by atoms with E-state index < -0.39 is 6.10 Å². The van der Waals surface area contributed by atoms with Crippen LogP contribution in [0.2, 0.25) is 0 Å². The molecule has 0 saturated heterocycles. The van der Waals surface area contributed by atoms with Gasteiger partial charge in [-0.1, -0.05) is 48.5 Å². The van der Waals surface area contributed by atoms with Crippen molar-refractivity contribution in [3.8, 4) is 5.75 Å². The number of fused-ring (bicyclic) bond motifs is 2. The highest BCUT2D eigenvalue weighted by atomic mass is 16.5. The average molecular weight is 396 g/mol. The van der Waals surface area contributed by atoms with Gasteiger partial charge in [-0.3, -0.25) is 9.88 Å². The highest BCUT2D eigenvalue weighted by Gasteiger charge is 2.19. The van der Waals surface area contributed by atoms with Crippen LogP contribution in [0.3, 0.4) is 0 Å². The van der Waals surface area contributed by atoms with Crippen LogP contribution in [0.15, 0.2) is 85.2 Å². The predicted octanol–water partition coefficient (Wildman–Crippen LogP) is 4.71. The van der Waals surface area contributed by atoms with Gasteiger partial charge in [0, 0.05) is 43.2 Å². The molecule has 4 heteroatoms. The zero-order valence-corrected chi connectivity index (χ0v) is 16.7. The molecule has 1 aromatic heterocycles. The molecule has 0 unspecified atom stereocenters. The van der Waals surface area contributed by atoms with Gasteiger partial charge in [0.25, 0.3) is 0 Å². The van der Waals surface area contributed by atoms with Crippen molar-refractivity contribution in [1.82, 2.24) is 9.88 Å². The van der Waals surface area contributed by atoms with Crippen LogP contribution in [0, 0.1) is 0 Å². The number of rotatable bonds is 4. The van der Waals surface area contributed by atoms with Crippen molar-refractivity contribution in [2.75, 3.05) is 13.2 Å². The molecule has 0 bridgehead atoms. The Labute approximate surface area is 176 Å². The summed E-state index contributed by atoms with van der Waals surface area (Å²) in [6.45, 7) is 3.17. The van der Waals surface area contributed by atoms with Gasteiger partial charge in [-0.15, -0.1) is 0 Å². The van der Waals surface area contributed by atoms with Crippen molar-refractivity contribution in [3.63, 3.8) is 0 Å². The number of hydrogen-bond acceptors (Lipinski definition) is 4. The topological polar surface area (TPSA) is 45.6 Å². The van der Waals surface area contributed by atoms with Crippen LogP contribution in [-0.4, -0.2) is 28.1 Å². The third-order valence-electron chi connectivity index (χ3n) is 5.68. The molecular weight excluding hydrogens is 372 g/mol. The Morgan fingerprint density at radius 2 is 1.83 bits per heavy atom. The lowest BCUT2D eigenvalue weighted by atomic mass is 10.00. The molecule has 0 amide bonds. The fourth-order valence-corrected chi connectivity index (χ4v) is 4.10. The van der Waals surface area contributed by atoms with E-state index in [0.29, 0.717) is 6.61 Å². The van der Waals surface area contributed by atoms with Gasteiger partial charge in [0.15, 0.2) is 0 Å². The van der Waals surface area contributed by atoms with E-state index in [0.717, 1.165) is 42.1 Å². The fourth-order valence-electron chi connectivity index (χ4n) is 4.10. The van der Waals surface area contributed by atoms with Gasteiger partial charge >= 0.3 is 0 Å². The first-order chi connectivity index (χ1) is 14.8. The Bertz CT molecular complexity index is 1160. The molecule has 150 valence electrons. The SMILES string of the molecule is O[C@@H](c1cccnc1)c1ccc2c(c1)CN(Cc1ccc3ccccc3c1)CCO2. The first-order valence-corrected chi connectivity index (χ1v) is 10.3. The largest absolute Gasteiger partial charge is 0.492 e. The Hall–Kier alpha value is -3.21. The van der Waals surface area contributed by atoms with Crippen molar-refractivity contribution in [2.45, 2.75) is 19.2 Å². The van der Waals surface area contributed by atoms with Crippen LogP contribution in [0.25, 0.3) is 10.8 Å². The predicted molar refractivity (Wildman–Crippen MR) is 118 cm³/mol. The third kappa shape index (κ3) is 3.92. The molecule has 0 aliphatic carbocycles. The van der Waals surface area contributed by atoms with Gasteiger partial charge in [-0.05, 0) is 46.2 Å². The van der Waals surface area contributed by atoms with Gasteiger partial charge in [-0.25, -0.2) is 0 Å². The van der Waals surface area contributed by atoms with Crippen molar-refractivity contribution in [2.24, 2.45) is 0 Å². The molecule has 4 aromatic rings. The van der Waals surface area contributed by atoms with Crippen molar-refractivity contribution in [3.05, 3.63) is 107 Å². The third-order valence-corrected chi connectivity index (χ3v) is 5.68. The van der Waals surface area contributed by atoms with E-state index in [4.69, 9.17) is 4.74 Å². The summed E-state index contributed by atoms with van der Waals surface area (Å²) in [5, 5.41) is 13.3. The number of nitrogens with zero attached hydrogens (tertiary/aromatic N) is 2. The van der Waals surface area contributed by atoms with E-state index in [-0.39, 0.29) is 0 Å². The maximum atomic E-state index is 10.8. The summed E-state index contributed by atoms with van der Waals surface area (Å²) in [6.07, 6.45) is 2.73. The first-order valence-electron chi connectivity index (χ1n) is 10.3. The van der Waals surface area contributed by atoms with Crippen LogP contribution in [0.4, 0.5) is 0 Å². The average Bonchev–Trinajstić information content (AvgIpc) is 3.00. The van der Waals surface area contributed by atoms with Gasteiger partial charge in [-0.2, -0.15) is 0 Å². The van der Waals surface area contributed by atoms with E-state index in [1.807, 2.05) is 24.3 Å². The molecule has 4 nitrogen and oxygen atoms in total. The van der Waals surface area contributed by atoms with Gasteiger partial charge in [0.1, 0.15) is 18.5 Å². The lowest BCUT2D eigenvalue weighted by Gasteiger charge is -2.20. The zero-order valence-electron chi connectivity index (χ0n) is 16.7. The Kier molecular flexibility index (Phi) is 5.18. The molecule has 3 aromatic carbocycles. The van der Waals surface area contributed by atoms with E-state index in [2.05, 4.69) is 58.4 Å². The molecule has 2 heterocycles. The molecule has 0 fully saturated rings. The molecule has 1 aliphatic heterocycles. The lowest BCUT2D eigenvalue weighted by Crippen LogP contribution is -2.25. The summed E-state index contributed by atoms with van der Waals surface area (Å²) in [6, 6.07) is 24.8. The number of aromatic nitrogens is 1. The molecule has 1 aliphatic rings. The number of pyridine rings is 1. The standard InChI is InChI=1S/C26H24N2O2/c29-26(23-6-3-11-27-16-23)22-9-10-25-24(15-22)18-28(12-13-30-25)17-19-7-8-20-4-1-2-5-21(20)14-19/h1-11,14-16,26,29H,12-13,17-18H2/t26-/m1/s1. The second-order valence-electron chi connectivity index (χ2n) is 7.80. The monoisotopic (exact) mass is 396 g/mol. The number of benzene rings is 3. The van der Waals surface area contributed by atoms with Crippen LogP contribution in [0.1, 0.15) is 28.4 Å². The number of hydrogen-bond donors (Lipinski definition) is 1. The molecule has 1 N–H and O–H groups in total. The normalized spacial score (nSPS) is 15.2. The molecule has 0 radical (unpaired) electrons. The van der Waals surface area contributed by atoms with E-state index in [9.17, 15) is 5.11 Å². The first kappa shape index (κ1) is 18.8.